The maximum Gasteiger partial charge on any atom is 0.410 e. The van der Waals surface area contributed by atoms with Crippen molar-refractivity contribution in [2.45, 2.75) is 37.2 Å². The van der Waals surface area contributed by atoms with Crippen LogP contribution in [0.1, 0.15) is 24.0 Å². The SMILES string of the molecule is O=C1NC(=O)C(Cc2ccc(OC[C@H]3CCCN3C(=O)OCc3ccccc3)cc2)S1. The minimum Gasteiger partial charge on any atom is -0.491 e. The van der Waals surface area contributed by atoms with Gasteiger partial charge in [-0.15, -0.1) is 0 Å². The highest BCUT2D eigenvalue weighted by molar-refractivity contribution is 8.15. The van der Waals surface area contributed by atoms with Crippen molar-refractivity contribution in [2.75, 3.05) is 13.2 Å². The molecule has 1 unspecified atom stereocenters. The van der Waals surface area contributed by atoms with E-state index in [-0.39, 0.29) is 35.1 Å². The Bertz CT molecular complexity index is 935. The molecule has 7 nitrogen and oxygen atoms in total. The Balaban J connectivity index is 1.25. The first kappa shape index (κ1) is 21.2. The van der Waals surface area contributed by atoms with Crippen LogP contribution in [-0.4, -0.2) is 46.6 Å². The molecule has 2 aromatic carbocycles. The quantitative estimate of drug-likeness (QED) is 0.706. The molecule has 2 atom stereocenters. The first-order valence-corrected chi connectivity index (χ1v) is 11.2. The molecule has 3 amide bonds. The van der Waals surface area contributed by atoms with Crippen molar-refractivity contribution in [2.24, 2.45) is 0 Å². The predicted molar refractivity (Wildman–Crippen MR) is 117 cm³/mol. The highest BCUT2D eigenvalue weighted by Crippen LogP contribution is 2.25. The molecule has 0 bridgehead atoms. The Morgan fingerprint density at radius 3 is 2.55 bits per heavy atom. The minimum atomic E-state index is -0.381. The first-order chi connectivity index (χ1) is 15.1. The molecular formula is C23H24N2O5S. The topological polar surface area (TPSA) is 84.9 Å². The van der Waals surface area contributed by atoms with Crippen molar-refractivity contribution in [3.05, 3.63) is 65.7 Å². The second-order valence-electron chi connectivity index (χ2n) is 7.57. The number of thioether (sulfide) groups is 1. The van der Waals surface area contributed by atoms with Crippen molar-refractivity contribution >= 4 is 29.0 Å². The van der Waals surface area contributed by atoms with Gasteiger partial charge in [0, 0.05) is 6.54 Å². The van der Waals surface area contributed by atoms with Crippen LogP contribution in [0.2, 0.25) is 0 Å². The number of benzene rings is 2. The number of ether oxygens (including phenoxy) is 2. The van der Waals surface area contributed by atoms with Gasteiger partial charge in [0.15, 0.2) is 0 Å². The van der Waals surface area contributed by atoms with Crippen LogP contribution in [0.4, 0.5) is 9.59 Å². The van der Waals surface area contributed by atoms with E-state index in [9.17, 15) is 14.4 Å². The summed E-state index contributed by atoms with van der Waals surface area (Å²) >= 11 is 1.02. The Hall–Kier alpha value is -3.00. The molecular weight excluding hydrogens is 416 g/mol. The van der Waals surface area contributed by atoms with Gasteiger partial charge in [-0.05, 0) is 42.5 Å². The van der Waals surface area contributed by atoms with Gasteiger partial charge < -0.3 is 14.4 Å². The van der Waals surface area contributed by atoms with E-state index in [0.29, 0.717) is 25.3 Å². The molecule has 162 valence electrons. The first-order valence-electron chi connectivity index (χ1n) is 10.3. The van der Waals surface area contributed by atoms with Gasteiger partial charge in [0.05, 0.1) is 11.3 Å². The summed E-state index contributed by atoms with van der Waals surface area (Å²) in [6, 6.07) is 17.1. The monoisotopic (exact) mass is 440 g/mol. The molecule has 2 fully saturated rings. The lowest BCUT2D eigenvalue weighted by molar-refractivity contribution is -0.118. The molecule has 0 radical (unpaired) electrons. The number of imide groups is 1. The van der Waals surface area contributed by atoms with Crippen molar-refractivity contribution in [1.29, 1.82) is 0 Å². The predicted octanol–water partition coefficient (Wildman–Crippen LogP) is 3.76. The fourth-order valence-corrected chi connectivity index (χ4v) is 4.57. The summed E-state index contributed by atoms with van der Waals surface area (Å²) in [5.74, 6) is 0.462. The number of hydrogen-bond acceptors (Lipinski definition) is 6. The number of rotatable bonds is 7. The Labute approximate surface area is 185 Å². The minimum absolute atomic E-state index is 0.0208. The molecule has 2 aliphatic heterocycles. The van der Waals surface area contributed by atoms with E-state index < -0.39 is 0 Å². The molecule has 2 saturated heterocycles. The summed E-state index contributed by atoms with van der Waals surface area (Å²) in [5.41, 5.74) is 1.92. The Morgan fingerprint density at radius 2 is 1.84 bits per heavy atom. The molecule has 4 rings (SSSR count). The molecule has 0 saturated carbocycles. The lowest BCUT2D eigenvalue weighted by Crippen LogP contribution is -2.39. The molecule has 2 heterocycles. The summed E-state index contributed by atoms with van der Waals surface area (Å²) in [6.45, 7) is 1.32. The Kier molecular flexibility index (Phi) is 6.76. The molecule has 2 aromatic rings. The van der Waals surface area contributed by atoms with E-state index >= 15 is 0 Å². The molecule has 1 N–H and O–H groups in total. The average molecular weight is 441 g/mol. The van der Waals surface area contributed by atoms with E-state index in [2.05, 4.69) is 5.32 Å². The largest absolute Gasteiger partial charge is 0.491 e. The second-order valence-corrected chi connectivity index (χ2v) is 8.75. The van der Waals surface area contributed by atoms with Gasteiger partial charge in [-0.2, -0.15) is 0 Å². The smallest absolute Gasteiger partial charge is 0.410 e. The van der Waals surface area contributed by atoms with Crippen LogP contribution < -0.4 is 10.1 Å². The zero-order chi connectivity index (χ0) is 21.6. The maximum atomic E-state index is 12.5. The van der Waals surface area contributed by atoms with E-state index in [4.69, 9.17) is 9.47 Å². The van der Waals surface area contributed by atoms with Gasteiger partial charge in [-0.25, -0.2) is 4.79 Å². The van der Waals surface area contributed by atoms with E-state index in [0.717, 1.165) is 35.7 Å². The number of nitrogens with one attached hydrogen (secondary N) is 1. The van der Waals surface area contributed by atoms with Crippen LogP contribution >= 0.6 is 11.8 Å². The van der Waals surface area contributed by atoms with E-state index in [1.54, 1.807) is 4.90 Å². The molecule has 8 heteroatoms. The van der Waals surface area contributed by atoms with Gasteiger partial charge in [0.1, 0.15) is 19.0 Å². The van der Waals surface area contributed by atoms with Gasteiger partial charge in [-0.3, -0.25) is 14.9 Å². The number of nitrogens with zero attached hydrogens (tertiary/aromatic N) is 1. The Morgan fingerprint density at radius 1 is 1.06 bits per heavy atom. The zero-order valence-electron chi connectivity index (χ0n) is 17.0. The van der Waals surface area contributed by atoms with Gasteiger partial charge in [0.25, 0.3) is 5.24 Å². The van der Waals surface area contributed by atoms with Gasteiger partial charge in [0.2, 0.25) is 5.91 Å². The summed E-state index contributed by atoms with van der Waals surface area (Å²) in [4.78, 5) is 37.2. The van der Waals surface area contributed by atoms with Crippen LogP contribution in [0.15, 0.2) is 54.6 Å². The fourth-order valence-electron chi connectivity index (χ4n) is 3.71. The summed E-state index contributed by atoms with van der Waals surface area (Å²) < 4.78 is 11.4. The van der Waals surface area contributed by atoms with E-state index in [1.165, 1.54) is 0 Å². The van der Waals surface area contributed by atoms with Gasteiger partial charge in [-0.1, -0.05) is 54.2 Å². The molecule has 31 heavy (non-hydrogen) atoms. The lowest BCUT2D eigenvalue weighted by atomic mass is 10.1. The molecule has 0 aliphatic carbocycles. The third-order valence-corrected chi connectivity index (χ3v) is 6.35. The van der Waals surface area contributed by atoms with Crippen LogP contribution in [-0.2, 0) is 22.6 Å². The molecule has 2 aliphatic rings. The third-order valence-electron chi connectivity index (χ3n) is 5.37. The average Bonchev–Trinajstić information content (AvgIpc) is 3.38. The molecule has 0 spiro atoms. The number of amides is 3. The van der Waals surface area contributed by atoms with Crippen LogP contribution in [0.5, 0.6) is 5.75 Å². The highest BCUT2D eigenvalue weighted by Gasteiger charge is 2.32. The highest BCUT2D eigenvalue weighted by atomic mass is 32.2. The maximum absolute atomic E-state index is 12.5. The lowest BCUT2D eigenvalue weighted by Gasteiger charge is -2.24. The fraction of sp³-hybridized carbons (Fsp3) is 0.348. The van der Waals surface area contributed by atoms with Crippen molar-refractivity contribution in [1.82, 2.24) is 10.2 Å². The number of hydrogen-bond donors (Lipinski definition) is 1. The van der Waals surface area contributed by atoms with Crippen molar-refractivity contribution in [3.8, 4) is 5.75 Å². The third kappa shape index (κ3) is 5.58. The summed E-state index contributed by atoms with van der Waals surface area (Å²) in [7, 11) is 0. The standard InChI is InChI=1S/C23H24N2O5S/c26-21-20(31-22(27)24-21)13-16-8-10-19(11-9-16)29-15-18-7-4-12-25(18)23(28)30-14-17-5-2-1-3-6-17/h1-3,5-6,8-11,18,20H,4,7,12-15H2,(H,24,26,27)/t18-,20?/m1/s1. The van der Waals surface area contributed by atoms with Crippen LogP contribution in [0.3, 0.4) is 0 Å². The van der Waals surface area contributed by atoms with E-state index in [1.807, 2.05) is 54.6 Å². The van der Waals surface area contributed by atoms with Crippen LogP contribution in [0.25, 0.3) is 0 Å². The zero-order valence-corrected chi connectivity index (χ0v) is 17.8. The van der Waals surface area contributed by atoms with Crippen molar-refractivity contribution < 1.29 is 23.9 Å². The summed E-state index contributed by atoms with van der Waals surface area (Å²) in [5, 5.41) is 1.62. The normalized spacial score (nSPS) is 20.6. The van der Waals surface area contributed by atoms with Gasteiger partial charge >= 0.3 is 6.09 Å². The number of likely N-dealkylation sites (tertiary alicyclic amines) is 1. The number of carbonyl (C=O) groups excluding carboxylic acids is 3. The van der Waals surface area contributed by atoms with Crippen LogP contribution in [0, 0.1) is 0 Å². The summed E-state index contributed by atoms with van der Waals surface area (Å²) in [6.07, 6.45) is 1.98. The van der Waals surface area contributed by atoms with Crippen molar-refractivity contribution in [3.63, 3.8) is 0 Å². The molecule has 0 aromatic heterocycles. The number of carbonyl (C=O) groups is 3. The second kappa shape index (κ2) is 9.87.